The van der Waals surface area contributed by atoms with Crippen LogP contribution in [0.4, 0.5) is 0 Å². The van der Waals surface area contributed by atoms with Crippen molar-refractivity contribution in [2.45, 2.75) is 26.2 Å². The van der Waals surface area contributed by atoms with E-state index in [2.05, 4.69) is 10.1 Å². The van der Waals surface area contributed by atoms with Gasteiger partial charge in [-0.2, -0.15) is 0 Å². The second-order valence-electron chi connectivity index (χ2n) is 3.03. The first kappa shape index (κ1) is 9.70. The van der Waals surface area contributed by atoms with Crippen LogP contribution in [0, 0.1) is 0 Å². The number of aromatic carboxylic acids is 1. The molecule has 0 bridgehead atoms. The van der Waals surface area contributed by atoms with Crippen molar-refractivity contribution in [1.82, 2.24) is 14.8 Å². The lowest BCUT2D eigenvalue weighted by Gasteiger charge is -2.05. The van der Waals surface area contributed by atoms with E-state index in [9.17, 15) is 4.79 Å². The van der Waals surface area contributed by atoms with Gasteiger partial charge in [0.05, 0.1) is 0 Å². The highest BCUT2D eigenvalue weighted by atomic mass is 16.4. The fraction of sp³-hybridized carbons (Fsp3) is 0.625. The maximum Gasteiger partial charge on any atom is 0.375 e. The summed E-state index contributed by atoms with van der Waals surface area (Å²) in [7, 11) is 1.71. The number of hydrogen-bond donors (Lipinski definition) is 1. The molecule has 1 aromatic rings. The van der Waals surface area contributed by atoms with Gasteiger partial charge in [0.2, 0.25) is 0 Å². The van der Waals surface area contributed by atoms with Crippen LogP contribution < -0.4 is 0 Å². The van der Waals surface area contributed by atoms with E-state index in [1.54, 1.807) is 7.05 Å². The summed E-state index contributed by atoms with van der Waals surface area (Å²) in [5, 5.41) is 12.4. The first-order chi connectivity index (χ1) is 6.06. The van der Waals surface area contributed by atoms with Crippen LogP contribution in [0.5, 0.6) is 0 Å². The van der Waals surface area contributed by atoms with E-state index in [-0.39, 0.29) is 11.7 Å². The molecule has 5 nitrogen and oxygen atoms in total. The standard InChI is InChI=1S/C8H13N3O2/c1-4-5(2)7-9-6(8(12)13)10-11(7)3/h5H,4H2,1-3H3,(H,12,13). The Morgan fingerprint density at radius 3 is 2.69 bits per heavy atom. The summed E-state index contributed by atoms with van der Waals surface area (Å²) in [6, 6.07) is 0. The van der Waals surface area contributed by atoms with Crippen LogP contribution in [0.3, 0.4) is 0 Å². The van der Waals surface area contributed by atoms with E-state index in [0.29, 0.717) is 0 Å². The molecule has 0 radical (unpaired) electrons. The topological polar surface area (TPSA) is 68.0 Å². The average molecular weight is 183 g/mol. The highest BCUT2D eigenvalue weighted by Gasteiger charge is 2.16. The lowest BCUT2D eigenvalue weighted by atomic mass is 10.1. The van der Waals surface area contributed by atoms with E-state index in [0.717, 1.165) is 12.2 Å². The third-order valence-corrected chi connectivity index (χ3v) is 2.04. The monoisotopic (exact) mass is 183 g/mol. The Morgan fingerprint density at radius 2 is 2.31 bits per heavy atom. The molecular formula is C8H13N3O2. The summed E-state index contributed by atoms with van der Waals surface area (Å²) >= 11 is 0. The Labute approximate surface area is 76.4 Å². The summed E-state index contributed by atoms with van der Waals surface area (Å²) < 4.78 is 1.53. The number of carboxylic acid groups (broad SMARTS) is 1. The third kappa shape index (κ3) is 1.85. The molecular weight excluding hydrogens is 170 g/mol. The number of aromatic nitrogens is 3. The molecule has 1 atom stereocenters. The Hall–Kier alpha value is -1.39. The van der Waals surface area contributed by atoms with Crippen molar-refractivity contribution in [3.63, 3.8) is 0 Å². The molecule has 1 rings (SSSR count). The van der Waals surface area contributed by atoms with Crippen molar-refractivity contribution in [1.29, 1.82) is 0 Å². The second-order valence-corrected chi connectivity index (χ2v) is 3.03. The number of carboxylic acids is 1. The van der Waals surface area contributed by atoms with Gasteiger partial charge in [-0.1, -0.05) is 13.8 Å². The first-order valence-corrected chi connectivity index (χ1v) is 4.20. The quantitative estimate of drug-likeness (QED) is 0.759. The molecule has 1 N–H and O–H groups in total. The van der Waals surface area contributed by atoms with Gasteiger partial charge in [-0.3, -0.25) is 4.68 Å². The molecule has 0 saturated carbocycles. The smallest absolute Gasteiger partial charge is 0.375 e. The van der Waals surface area contributed by atoms with Gasteiger partial charge >= 0.3 is 5.97 Å². The van der Waals surface area contributed by atoms with Gasteiger partial charge in [0.15, 0.2) is 0 Å². The Balaban J connectivity index is 3.02. The lowest BCUT2D eigenvalue weighted by Crippen LogP contribution is -2.02. The zero-order valence-corrected chi connectivity index (χ0v) is 7.98. The van der Waals surface area contributed by atoms with E-state index >= 15 is 0 Å². The maximum absolute atomic E-state index is 10.5. The molecule has 0 aliphatic carbocycles. The largest absolute Gasteiger partial charge is 0.475 e. The molecule has 0 saturated heterocycles. The molecule has 1 unspecified atom stereocenters. The molecule has 13 heavy (non-hydrogen) atoms. The molecule has 1 heterocycles. The van der Waals surface area contributed by atoms with E-state index in [1.165, 1.54) is 4.68 Å². The Kier molecular flexibility index (Phi) is 2.65. The summed E-state index contributed by atoms with van der Waals surface area (Å²) in [5.41, 5.74) is 0. The SMILES string of the molecule is CCC(C)c1nc(C(=O)O)nn1C. The predicted molar refractivity (Wildman–Crippen MR) is 46.7 cm³/mol. The lowest BCUT2D eigenvalue weighted by molar-refractivity contribution is 0.0683. The number of carbonyl (C=O) groups is 1. The maximum atomic E-state index is 10.5. The number of hydrogen-bond acceptors (Lipinski definition) is 3. The number of aryl methyl sites for hydroxylation is 1. The zero-order chi connectivity index (χ0) is 10.0. The minimum Gasteiger partial charge on any atom is -0.475 e. The highest BCUT2D eigenvalue weighted by Crippen LogP contribution is 2.15. The van der Waals surface area contributed by atoms with Gasteiger partial charge in [-0.15, -0.1) is 5.10 Å². The Bertz CT molecular complexity index is 319. The molecule has 0 spiro atoms. The zero-order valence-electron chi connectivity index (χ0n) is 7.98. The Morgan fingerprint density at radius 1 is 1.69 bits per heavy atom. The molecule has 72 valence electrons. The van der Waals surface area contributed by atoms with Crippen molar-refractivity contribution in [2.75, 3.05) is 0 Å². The van der Waals surface area contributed by atoms with Crippen molar-refractivity contribution in [3.8, 4) is 0 Å². The number of nitrogens with zero attached hydrogens (tertiary/aromatic N) is 3. The van der Waals surface area contributed by atoms with Gasteiger partial charge in [-0.05, 0) is 6.42 Å². The molecule has 1 aromatic heterocycles. The van der Waals surface area contributed by atoms with Crippen LogP contribution in [0.1, 0.15) is 42.6 Å². The average Bonchev–Trinajstić information content (AvgIpc) is 2.46. The minimum absolute atomic E-state index is 0.127. The number of rotatable bonds is 3. The van der Waals surface area contributed by atoms with Gasteiger partial charge in [0.25, 0.3) is 5.82 Å². The molecule has 0 aliphatic heterocycles. The summed E-state index contributed by atoms with van der Waals surface area (Å²) in [6.45, 7) is 4.02. The fourth-order valence-corrected chi connectivity index (χ4v) is 1.10. The van der Waals surface area contributed by atoms with Crippen molar-refractivity contribution >= 4 is 5.97 Å². The molecule has 0 aliphatic rings. The fourth-order valence-electron chi connectivity index (χ4n) is 1.10. The van der Waals surface area contributed by atoms with Crippen LogP contribution in [0.25, 0.3) is 0 Å². The van der Waals surface area contributed by atoms with E-state index in [4.69, 9.17) is 5.11 Å². The van der Waals surface area contributed by atoms with Gasteiger partial charge in [-0.25, -0.2) is 9.78 Å². The van der Waals surface area contributed by atoms with Crippen LogP contribution in [-0.4, -0.2) is 25.8 Å². The van der Waals surface area contributed by atoms with E-state index in [1.807, 2.05) is 13.8 Å². The van der Waals surface area contributed by atoms with Gasteiger partial charge in [0, 0.05) is 13.0 Å². The summed E-state index contributed by atoms with van der Waals surface area (Å²) in [5.74, 6) is -0.242. The predicted octanol–water partition coefficient (Wildman–Crippen LogP) is 1.03. The molecule has 0 aromatic carbocycles. The third-order valence-electron chi connectivity index (χ3n) is 2.04. The second kappa shape index (κ2) is 3.55. The van der Waals surface area contributed by atoms with Gasteiger partial charge < -0.3 is 5.11 Å². The van der Waals surface area contributed by atoms with Crippen molar-refractivity contribution < 1.29 is 9.90 Å². The van der Waals surface area contributed by atoms with Crippen LogP contribution in [0.15, 0.2) is 0 Å². The summed E-state index contributed by atoms with van der Waals surface area (Å²) in [4.78, 5) is 14.5. The van der Waals surface area contributed by atoms with E-state index < -0.39 is 5.97 Å². The van der Waals surface area contributed by atoms with Crippen LogP contribution in [-0.2, 0) is 7.05 Å². The van der Waals surface area contributed by atoms with Crippen LogP contribution in [0.2, 0.25) is 0 Å². The first-order valence-electron chi connectivity index (χ1n) is 4.20. The molecule has 5 heteroatoms. The highest BCUT2D eigenvalue weighted by molar-refractivity contribution is 5.82. The van der Waals surface area contributed by atoms with Crippen LogP contribution >= 0.6 is 0 Å². The normalized spacial score (nSPS) is 12.8. The minimum atomic E-state index is -1.08. The van der Waals surface area contributed by atoms with Gasteiger partial charge in [0.1, 0.15) is 5.82 Å². The van der Waals surface area contributed by atoms with Crippen molar-refractivity contribution in [2.24, 2.45) is 7.05 Å². The summed E-state index contributed by atoms with van der Waals surface area (Å²) in [6.07, 6.45) is 0.922. The molecule has 0 fully saturated rings. The molecule has 0 amide bonds. The van der Waals surface area contributed by atoms with Crippen molar-refractivity contribution in [3.05, 3.63) is 11.6 Å².